The number of phosphoric ester groups is 3. The normalized spacial score (nSPS) is 33.9. The summed E-state index contributed by atoms with van der Waals surface area (Å²) in [6.45, 7) is 9.72. The molecule has 5 aliphatic rings. The second-order valence-electron chi connectivity index (χ2n) is 23.5. The molecule has 18 atom stereocenters. The van der Waals surface area contributed by atoms with Gasteiger partial charge < -0.3 is 61.1 Å². The van der Waals surface area contributed by atoms with Gasteiger partial charge in [-0.3, -0.25) is 32.5 Å². The molecule has 2 aromatic heterocycles. The maximum absolute atomic E-state index is 13.0. The van der Waals surface area contributed by atoms with Crippen molar-refractivity contribution in [3.05, 3.63) is 12.7 Å². The summed E-state index contributed by atoms with van der Waals surface area (Å²) in [6.07, 6.45) is 3.42. The van der Waals surface area contributed by atoms with Crippen molar-refractivity contribution in [2.24, 2.45) is 57.7 Å². The summed E-state index contributed by atoms with van der Waals surface area (Å²) < 4.78 is 62.8. The van der Waals surface area contributed by atoms with Gasteiger partial charge in [0.25, 0.3) is 0 Å². The van der Waals surface area contributed by atoms with E-state index in [1.54, 1.807) is 0 Å². The molecule has 2 amide bonds. The lowest BCUT2D eigenvalue weighted by Gasteiger charge is -2.62. The highest BCUT2D eigenvalue weighted by atomic mass is 32.2. The number of nitrogens with two attached hydrogens (primary N) is 1. The third kappa shape index (κ3) is 14.6. The van der Waals surface area contributed by atoms with E-state index < -0.39 is 84.6 Å². The minimum absolute atomic E-state index is 0.0293. The van der Waals surface area contributed by atoms with E-state index in [1.807, 2.05) is 6.92 Å². The first-order valence-corrected chi connectivity index (χ1v) is 32.3. The first kappa shape index (κ1) is 63.1. The molecule has 4 aliphatic carbocycles. The van der Waals surface area contributed by atoms with Gasteiger partial charge in [0.2, 0.25) is 11.8 Å². The number of imidazole rings is 1. The number of nitrogens with one attached hydrogen (secondary N) is 2. The van der Waals surface area contributed by atoms with Gasteiger partial charge in [0.1, 0.15) is 36.3 Å². The largest absolute Gasteiger partial charge is 0.481 e. The van der Waals surface area contributed by atoms with Crippen molar-refractivity contribution in [2.45, 2.75) is 161 Å². The average Bonchev–Trinajstić information content (AvgIpc) is 4.21. The lowest BCUT2D eigenvalue weighted by Crippen LogP contribution is -2.58. The molecule has 3 unspecified atom stereocenters. The molecular formula is C48H80N7O19P3S. The Hall–Kier alpha value is -2.52. The fourth-order valence-corrected chi connectivity index (χ4v) is 17.3. The fraction of sp³-hybridized carbons (Fsp3) is 0.833. The number of nitrogen functional groups attached to an aromatic ring is 1. The number of carbonyl (C=O) groups is 3. The Labute approximate surface area is 457 Å². The van der Waals surface area contributed by atoms with Gasteiger partial charge in [0.15, 0.2) is 22.8 Å². The smallest absolute Gasteiger partial charge is 0.393 e. The summed E-state index contributed by atoms with van der Waals surface area (Å²) in [7, 11) is -16.5. The molecule has 7 rings (SSSR count). The Kier molecular flexibility index (Phi) is 20.3. The molecule has 2 aromatic rings. The Morgan fingerprint density at radius 1 is 0.923 bits per heavy atom. The third-order valence-corrected chi connectivity index (χ3v) is 22.1. The maximum Gasteiger partial charge on any atom is 0.481 e. The molecule has 0 bridgehead atoms. The number of anilines is 1. The molecule has 12 N–H and O–H groups in total. The van der Waals surface area contributed by atoms with Crippen LogP contribution in [-0.4, -0.2) is 145 Å². The van der Waals surface area contributed by atoms with Crippen molar-refractivity contribution in [2.75, 3.05) is 37.8 Å². The molecular weight excluding hydrogens is 1100 g/mol. The number of nitrogens with zero attached hydrogens (tertiary/aromatic N) is 4. The molecule has 5 fully saturated rings. The van der Waals surface area contributed by atoms with Crippen molar-refractivity contribution < 1.29 is 90.7 Å². The Bertz CT molecular complexity index is 2600. The number of aliphatic hydroxyl groups excluding tert-OH is 4. The van der Waals surface area contributed by atoms with Gasteiger partial charge >= 0.3 is 23.5 Å². The van der Waals surface area contributed by atoms with Crippen molar-refractivity contribution in [3.8, 4) is 0 Å². The van der Waals surface area contributed by atoms with Crippen LogP contribution in [0.15, 0.2) is 12.7 Å². The number of rotatable bonds is 25. The van der Waals surface area contributed by atoms with Gasteiger partial charge in [-0.15, -0.1) is 0 Å². The molecule has 0 spiro atoms. The van der Waals surface area contributed by atoms with Gasteiger partial charge in [-0.2, -0.15) is 4.31 Å². The number of ether oxygens (including phenoxy) is 1. The molecule has 26 nitrogen and oxygen atoms in total. The van der Waals surface area contributed by atoms with E-state index in [0.717, 1.165) is 86.8 Å². The number of hydrogen-bond acceptors (Lipinski definition) is 20. The second kappa shape index (κ2) is 25.1. The molecule has 3 heterocycles. The lowest BCUT2D eigenvalue weighted by molar-refractivity contribution is -0.174. The fourth-order valence-electron chi connectivity index (χ4n) is 13.7. The van der Waals surface area contributed by atoms with Crippen LogP contribution in [0.1, 0.15) is 125 Å². The van der Waals surface area contributed by atoms with Gasteiger partial charge in [-0.25, -0.2) is 28.6 Å². The van der Waals surface area contributed by atoms with E-state index in [0.29, 0.717) is 41.3 Å². The number of hydrogen-bond donors (Lipinski definition) is 11. The first-order chi connectivity index (χ1) is 36.4. The van der Waals surface area contributed by atoms with E-state index in [4.69, 9.17) is 19.5 Å². The van der Waals surface area contributed by atoms with Gasteiger partial charge in [-0.1, -0.05) is 66.1 Å². The second-order valence-corrected chi connectivity index (χ2v) is 28.8. The maximum atomic E-state index is 13.0. The van der Waals surface area contributed by atoms with Crippen molar-refractivity contribution >= 4 is 69.1 Å². The zero-order chi connectivity index (χ0) is 57.3. The van der Waals surface area contributed by atoms with Crippen molar-refractivity contribution in [3.63, 3.8) is 0 Å². The number of thioether (sulfide) groups is 1. The highest BCUT2D eigenvalue weighted by Crippen LogP contribution is 2.68. The van der Waals surface area contributed by atoms with Crippen LogP contribution in [0.25, 0.3) is 11.2 Å². The zero-order valence-corrected chi connectivity index (χ0v) is 48.4. The molecule has 442 valence electrons. The Morgan fingerprint density at radius 3 is 2.33 bits per heavy atom. The number of fused-ring (bicyclic) bond motifs is 6. The van der Waals surface area contributed by atoms with E-state index in [9.17, 15) is 68.1 Å². The minimum Gasteiger partial charge on any atom is -0.393 e. The van der Waals surface area contributed by atoms with Gasteiger partial charge in [0.05, 0.1) is 31.7 Å². The van der Waals surface area contributed by atoms with Crippen LogP contribution in [0.4, 0.5) is 5.82 Å². The molecule has 30 heteroatoms. The Morgan fingerprint density at radius 2 is 1.62 bits per heavy atom. The molecule has 1 saturated heterocycles. The number of amides is 2. The molecule has 1 aliphatic heterocycles. The zero-order valence-electron chi connectivity index (χ0n) is 44.9. The van der Waals surface area contributed by atoms with Gasteiger partial charge in [-0.05, 0) is 104 Å². The van der Waals surface area contributed by atoms with Gasteiger partial charge in [0, 0.05) is 36.6 Å². The topological polar surface area (TPSA) is 404 Å². The van der Waals surface area contributed by atoms with Crippen LogP contribution in [-0.2, 0) is 50.7 Å². The summed E-state index contributed by atoms with van der Waals surface area (Å²) in [4.78, 5) is 89.9. The first-order valence-electron chi connectivity index (χ1n) is 26.8. The predicted octanol–water partition coefficient (Wildman–Crippen LogP) is 4.10. The molecule has 4 saturated carbocycles. The quantitative estimate of drug-likeness (QED) is 0.0492. The minimum atomic E-state index is -5.60. The SMILES string of the molecule is C[C@H](CCC[C@@H](C)[C@H]1CC[C@H]2[C@@H]3[C@H](O)C[C@@H]4C[C@H](O)CC[C@]4(C)[C@H]3CC[C@]12C)C(=O)SCCNC(=O)CCNC(=O)C(O)C(C)(C)COP(=O)(O)OP(=O)(O)OC[C@H]1O[C@@H](n2cnc3c(N)ncnc32)[C@H](O)[C@@H]1OP(=O)(O)O. The van der Waals surface area contributed by atoms with Crippen LogP contribution in [0, 0.1) is 57.7 Å². The van der Waals surface area contributed by atoms with Crippen molar-refractivity contribution in [1.29, 1.82) is 0 Å². The highest BCUT2D eigenvalue weighted by Gasteiger charge is 2.63. The summed E-state index contributed by atoms with van der Waals surface area (Å²) in [5.74, 6) is 1.58. The number of aliphatic hydroxyl groups is 4. The van der Waals surface area contributed by atoms with Crippen LogP contribution in [0.3, 0.4) is 0 Å². The number of aromatic nitrogens is 4. The van der Waals surface area contributed by atoms with Crippen LogP contribution in [0.2, 0.25) is 0 Å². The Balaban J connectivity index is 0.764. The van der Waals surface area contributed by atoms with E-state index in [-0.39, 0.29) is 70.6 Å². The molecule has 0 aromatic carbocycles. The summed E-state index contributed by atoms with van der Waals surface area (Å²) >= 11 is 1.16. The van der Waals surface area contributed by atoms with E-state index in [1.165, 1.54) is 26.7 Å². The third-order valence-electron chi connectivity index (χ3n) is 17.9. The standard InChI is InChI=1S/C48H80N7O19P3S/c1-26(30-10-11-31-36-32(13-16-48(30,31)6)47(5)15-12-29(56)20-28(47)21-33(36)57)8-7-9-27(2)45(62)78-19-18-50-35(58)14-17-51-43(61)40(60)46(3,4)23-71-77(68,69)74-76(66,67)70-22-34-39(73-75(63,64)65)38(59)44(72-34)55-25-54-37-41(49)52-24-53-42(37)55/h24-34,36,38-40,44,56-57,59-60H,7-23H2,1-6H3,(H,50,58)(H,51,61)(H,66,67)(H,68,69)(H2,49,52,53)(H2,63,64,65)/t26-,27-,28+,29-,30-,31+,32+,33-,34-,36+,38-,39-,40?,44-,47+,48-/m1/s1. The monoisotopic (exact) mass is 1180 g/mol. The summed E-state index contributed by atoms with van der Waals surface area (Å²) in [5.41, 5.74) is 4.67. The summed E-state index contributed by atoms with van der Waals surface area (Å²) in [5, 5.41) is 48.9. The average molecular weight is 1180 g/mol. The molecule has 78 heavy (non-hydrogen) atoms. The van der Waals surface area contributed by atoms with Crippen LogP contribution in [0.5, 0.6) is 0 Å². The number of phosphoric acid groups is 3. The van der Waals surface area contributed by atoms with E-state index in [2.05, 4.69) is 55.2 Å². The lowest BCUT2D eigenvalue weighted by atomic mass is 9.43. The highest BCUT2D eigenvalue weighted by molar-refractivity contribution is 8.13. The van der Waals surface area contributed by atoms with Crippen molar-refractivity contribution in [1.82, 2.24) is 30.2 Å². The van der Waals surface area contributed by atoms with Crippen LogP contribution < -0.4 is 16.4 Å². The number of carbonyl (C=O) groups excluding carboxylic acids is 3. The molecule has 0 radical (unpaired) electrons. The summed E-state index contributed by atoms with van der Waals surface area (Å²) in [6, 6.07) is 0. The predicted molar refractivity (Wildman–Crippen MR) is 282 cm³/mol. The van der Waals surface area contributed by atoms with E-state index >= 15 is 0 Å². The van der Waals surface area contributed by atoms with Crippen LogP contribution >= 0.6 is 35.2 Å².